The molecule has 4 nitrogen and oxygen atoms in total. The molecule has 1 unspecified atom stereocenters. The highest BCUT2D eigenvalue weighted by molar-refractivity contribution is 5.77. The van der Waals surface area contributed by atoms with E-state index in [1.54, 1.807) is 4.90 Å². The van der Waals surface area contributed by atoms with Gasteiger partial charge in [0.15, 0.2) is 0 Å². The van der Waals surface area contributed by atoms with E-state index in [4.69, 9.17) is 5.11 Å². The third-order valence-corrected chi connectivity index (χ3v) is 2.80. The number of aliphatic hydroxyl groups excluding tert-OH is 1. The molecule has 1 heterocycles. The second kappa shape index (κ2) is 4.53. The van der Waals surface area contributed by atoms with E-state index in [9.17, 15) is 4.79 Å². The van der Waals surface area contributed by atoms with Gasteiger partial charge in [-0.3, -0.25) is 0 Å². The van der Waals surface area contributed by atoms with Crippen molar-refractivity contribution in [3.8, 4) is 0 Å². The second-order valence-corrected chi connectivity index (χ2v) is 4.09. The van der Waals surface area contributed by atoms with Gasteiger partial charge in [0.05, 0.1) is 12.6 Å². The van der Waals surface area contributed by atoms with Crippen LogP contribution in [-0.2, 0) is 0 Å². The number of aliphatic hydroxyl groups is 1. The summed E-state index contributed by atoms with van der Waals surface area (Å²) in [5.74, 6) is 0. The first-order valence-electron chi connectivity index (χ1n) is 5.43. The topological polar surface area (TPSA) is 52.6 Å². The molecule has 0 spiro atoms. The van der Waals surface area contributed by atoms with Gasteiger partial charge in [0.1, 0.15) is 0 Å². The number of rotatable bonds is 3. The average Bonchev–Trinajstić information content (AvgIpc) is 2.61. The van der Waals surface area contributed by atoms with E-state index in [1.807, 2.05) is 25.1 Å². The number of amides is 2. The first-order chi connectivity index (χ1) is 7.70. The molecule has 1 atom stereocenters. The Morgan fingerprint density at radius 2 is 2.38 bits per heavy atom. The summed E-state index contributed by atoms with van der Waals surface area (Å²) in [5.41, 5.74) is 2.31. The van der Waals surface area contributed by atoms with Gasteiger partial charge in [-0.2, -0.15) is 0 Å². The molecule has 0 saturated carbocycles. The average molecular weight is 220 g/mol. The van der Waals surface area contributed by atoms with Crippen molar-refractivity contribution in [2.75, 3.05) is 19.7 Å². The minimum absolute atomic E-state index is 0.00789. The molecule has 2 amide bonds. The Bertz CT molecular complexity index is 392. The van der Waals surface area contributed by atoms with Gasteiger partial charge < -0.3 is 15.3 Å². The van der Waals surface area contributed by atoms with Crippen LogP contribution in [0.15, 0.2) is 24.3 Å². The fourth-order valence-electron chi connectivity index (χ4n) is 1.98. The number of aryl methyl sites for hydroxylation is 1. The lowest BCUT2D eigenvalue weighted by Crippen LogP contribution is -2.30. The van der Waals surface area contributed by atoms with Crippen molar-refractivity contribution in [1.82, 2.24) is 10.2 Å². The summed E-state index contributed by atoms with van der Waals surface area (Å²) in [4.78, 5) is 13.2. The van der Waals surface area contributed by atoms with Gasteiger partial charge in [-0.15, -0.1) is 0 Å². The molecule has 1 saturated heterocycles. The summed E-state index contributed by atoms with van der Waals surface area (Å²) in [7, 11) is 0. The second-order valence-electron chi connectivity index (χ2n) is 4.09. The zero-order chi connectivity index (χ0) is 11.5. The molecular formula is C12H16N2O2. The molecule has 4 heteroatoms. The molecular weight excluding hydrogens is 204 g/mol. The summed E-state index contributed by atoms with van der Waals surface area (Å²) < 4.78 is 0. The monoisotopic (exact) mass is 220 g/mol. The predicted octanol–water partition coefficient (Wildman–Crippen LogP) is 1.05. The van der Waals surface area contributed by atoms with Gasteiger partial charge in [-0.25, -0.2) is 4.79 Å². The number of β-amino-alcohol motifs (C(OH)–C–C–N with tert-alkyl or cyclic N) is 1. The lowest BCUT2D eigenvalue weighted by molar-refractivity contribution is 0.196. The lowest BCUT2D eigenvalue weighted by Gasteiger charge is -2.12. The molecule has 16 heavy (non-hydrogen) atoms. The van der Waals surface area contributed by atoms with Crippen molar-refractivity contribution in [2.45, 2.75) is 13.0 Å². The number of hydrogen-bond acceptors (Lipinski definition) is 2. The number of nitrogens with one attached hydrogen (secondary N) is 1. The van der Waals surface area contributed by atoms with Crippen molar-refractivity contribution in [1.29, 1.82) is 0 Å². The van der Waals surface area contributed by atoms with E-state index in [1.165, 1.54) is 5.56 Å². The van der Waals surface area contributed by atoms with Crippen LogP contribution in [0.4, 0.5) is 4.79 Å². The van der Waals surface area contributed by atoms with Crippen LogP contribution in [0.25, 0.3) is 0 Å². The molecule has 86 valence electrons. The highest BCUT2D eigenvalue weighted by Crippen LogP contribution is 2.20. The Morgan fingerprint density at radius 3 is 3.06 bits per heavy atom. The van der Waals surface area contributed by atoms with Crippen molar-refractivity contribution in [3.05, 3.63) is 35.4 Å². The normalized spacial score (nSPS) is 20.0. The quantitative estimate of drug-likeness (QED) is 0.800. The Labute approximate surface area is 94.9 Å². The zero-order valence-electron chi connectivity index (χ0n) is 9.31. The van der Waals surface area contributed by atoms with Crippen molar-refractivity contribution in [2.24, 2.45) is 0 Å². The molecule has 0 bridgehead atoms. The summed E-state index contributed by atoms with van der Waals surface area (Å²) >= 11 is 0. The minimum Gasteiger partial charge on any atom is -0.395 e. The van der Waals surface area contributed by atoms with Crippen LogP contribution >= 0.6 is 0 Å². The summed E-state index contributed by atoms with van der Waals surface area (Å²) in [6, 6.07) is 8.06. The highest BCUT2D eigenvalue weighted by atomic mass is 16.3. The number of carbonyl (C=O) groups is 1. The Morgan fingerprint density at radius 1 is 1.56 bits per heavy atom. The smallest absolute Gasteiger partial charge is 0.318 e. The number of benzene rings is 1. The fourth-order valence-corrected chi connectivity index (χ4v) is 1.98. The Hall–Kier alpha value is -1.55. The number of hydrogen-bond donors (Lipinski definition) is 2. The number of carbonyl (C=O) groups excluding carboxylic acids is 1. The van der Waals surface area contributed by atoms with Crippen LogP contribution in [-0.4, -0.2) is 35.7 Å². The van der Waals surface area contributed by atoms with E-state index in [0.717, 1.165) is 5.56 Å². The van der Waals surface area contributed by atoms with E-state index in [-0.39, 0.29) is 18.7 Å². The van der Waals surface area contributed by atoms with Crippen molar-refractivity contribution >= 4 is 6.03 Å². The van der Waals surface area contributed by atoms with Crippen LogP contribution in [0, 0.1) is 6.92 Å². The van der Waals surface area contributed by atoms with Crippen LogP contribution in [0.3, 0.4) is 0 Å². The van der Waals surface area contributed by atoms with E-state index in [2.05, 4.69) is 11.4 Å². The summed E-state index contributed by atoms with van der Waals surface area (Å²) in [5, 5.41) is 11.7. The summed E-state index contributed by atoms with van der Waals surface area (Å²) in [6.45, 7) is 3.07. The third kappa shape index (κ3) is 2.17. The Kier molecular flexibility index (Phi) is 3.10. The first-order valence-corrected chi connectivity index (χ1v) is 5.43. The lowest BCUT2D eigenvalue weighted by atomic mass is 10.1. The molecule has 0 aromatic heterocycles. The van der Waals surface area contributed by atoms with Crippen LogP contribution in [0.5, 0.6) is 0 Å². The third-order valence-electron chi connectivity index (χ3n) is 2.80. The van der Waals surface area contributed by atoms with Gasteiger partial charge in [0, 0.05) is 13.1 Å². The maximum absolute atomic E-state index is 11.5. The van der Waals surface area contributed by atoms with Crippen molar-refractivity contribution in [3.63, 3.8) is 0 Å². The predicted molar refractivity (Wildman–Crippen MR) is 61.1 cm³/mol. The molecule has 2 N–H and O–H groups in total. The highest BCUT2D eigenvalue weighted by Gasteiger charge is 2.28. The molecule has 0 aliphatic carbocycles. The van der Waals surface area contributed by atoms with E-state index < -0.39 is 0 Å². The standard InChI is InChI=1S/C12H16N2O2/c1-9-3-2-4-10(7-9)11-8-14(5-6-15)12(16)13-11/h2-4,7,11,15H,5-6,8H2,1H3,(H,13,16). The minimum atomic E-state index is -0.0967. The van der Waals surface area contributed by atoms with Crippen molar-refractivity contribution < 1.29 is 9.90 Å². The molecule has 1 fully saturated rings. The first kappa shape index (κ1) is 11.0. The fraction of sp³-hybridized carbons (Fsp3) is 0.417. The molecule has 1 aliphatic heterocycles. The summed E-state index contributed by atoms with van der Waals surface area (Å²) in [6.07, 6.45) is 0. The van der Waals surface area contributed by atoms with Gasteiger partial charge in [0.25, 0.3) is 0 Å². The van der Waals surface area contributed by atoms with Gasteiger partial charge >= 0.3 is 6.03 Å². The number of nitrogens with zero attached hydrogens (tertiary/aromatic N) is 1. The maximum Gasteiger partial charge on any atom is 0.318 e. The number of urea groups is 1. The van der Waals surface area contributed by atoms with E-state index >= 15 is 0 Å². The van der Waals surface area contributed by atoms with Crippen LogP contribution in [0.1, 0.15) is 17.2 Å². The largest absolute Gasteiger partial charge is 0.395 e. The molecule has 1 aliphatic rings. The van der Waals surface area contributed by atoms with Crippen LogP contribution in [0.2, 0.25) is 0 Å². The van der Waals surface area contributed by atoms with Gasteiger partial charge in [0.2, 0.25) is 0 Å². The Balaban J connectivity index is 2.10. The molecule has 1 aromatic carbocycles. The van der Waals surface area contributed by atoms with Gasteiger partial charge in [-0.1, -0.05) is 29.8 Å². The maximum atomic E-state index is 11.5. The molecule has 2 rings (SSSR count). The molecule has 0 radical (unpaired) electrons. The van der Waals surface area contributed by atoms with Crippen LogP contribution < -0.4 is 5.32 Å². The SMILES string of the molecule is Cc1cccc(C2CN(CCO)C(=O)N2)c1. The molecule has 1 aromatic rings. The zero-order valence-corrected chi connectivity index (χ0v) is 9.31. The van der Waals surface area contributed by atoms with E-state index in [0.29, 0.717) is 13.1 Å². The van der Waals surface area contributed by atoms with Gasteiger partial charge in [-0.05, 0) is 12.5 Å².